The molecule has 1 amide bonds. The Hall–Kier alpha value is -3.10. The molecule has 8 heteroatoms. The highest BCUT2D eigenvalue weighted by Gasteiger charge is 2.33. The van der Waals surface area contributed by atoms with E-state index >= 15 is 0 Å². The van der Waals surface area contributed by atoms with Gasteiger partial charge in [0.2, 0.25) is 0 Å². The summed E-state index contributed by atoms with van der Waals surface area (Å²) < 4.78 is 45.5. The van der Waals surface area contributed by atoms with E-state index in [1.165, 1.54) is 36.4 Å². The van der Waals surface area contributed by atoms with Crippen LogP contribution < -0.4 is 15.2 Å². The first-order valence-electron chi connectivity index (χ1n) is 9.86. The van der Waals surface area contributed by atoms with Gasteiger partial charge in [0.1, 0.15) is 5.75 Å². The van der Waals surface area contributed by atoms with Crippen LogP contribution in [0.1, 0.15) is 29.8 Å². The van der Waals surface area contributed by atoms with Crippen molar-refractivity contribution in [2.45, 2.75) is 24.9 Å². The molecule has 3 rings (SSSR count). The predicted octanol–water partition coefficient (Wildman–Crippen LogP) is 6.35. The molecule has 32 heavy (non-hydrogen) atoms. The molecule has 0 aromatic heterocycles. The zero-order valence-electron chi connectivity index (χ0n) is 17.6. The van der Waals surface area contributed by atoms with Crippen molar-refractivity contribution in [3.8, 4) is 16.9 Å². The fourth-order valence-electron chi connectivity index (χ4n) is 3.16. The van der Waals surface area contributed by atoms with Gasteiger partial charge in [0.25, 0.3) is 5.91 Å². The van der Waals surface area contributed by atoms with Crippen LogP contribution in [0.15, 0.2) is 71.6 Å². The van der Waals surface area contributed by atoms with Crippen molar-refractivity contribution in [2.75, 3.05) is 11.9 Å². The van der Waals surface area contributed by atoms with Gasteiger partial charge in [-0.3, -0.25) is 9.93 Å². The Balaban J connectivity index is 1.83. The fraction of sp³-hybridized carbons (Fsp3) is 0.167. The maximum Gasteiger partial charge on any atom is 0.417 e. The summed E-state index contributed by atoms with van der Waals surface area (Å²) in [7, 11) is -0.583. The molecule has 0 aliphatic heterocycles. The van der Waals surface area contributed by atoms with Gasteiger partial charge >= 0.3 is 6.18 Å². The van der Waals surface area contributed by atoms with E-state index in [1.54, 1.807) is 24.3 Å². The van der Waals surface area contributed by atoms with Gasteiger partial charge in [-0.05, 0) is 60.7 Å². The monoisotopic (exact) mass is 460 g/mol. The largest absolute Gasteiger partial charge is 0.493 e. The van der Waals surface area contributed by atoms with Crippen molar-refractivity contribution in [2.24, 2.45) is 5.14 Å². The summed E-state index contributed by atoms with van der Waals surface area (Å²) in [6.45, 7) is 4.18. The molecule has 0 aliphatic carbocycles. The van der Waals surface area contributed by atoms with Crippen LogP contribution in [0.25, 0.3) is 11.1 Å². The third kappa shape index (κ3) is 5.38. The summed E-state index contributed by atoms with van der Waals surface area (Å²) in [5.74, 6) is 0.206. The van der Waals surface area contributed by atoms with E-state index in [2.05, 4.69) is 5.32 Å². The van der Waals surface area contributed by atoms with Crippen LogP contribution >= 0.6 is 10.7 Å². The molecule has 3 N–H and O–H groups in total. The van der Waals surface area contributed by atoms with Gasteiger partial charge < -0.3 is 10.1 Å². The highest BCUT2D eigenvalue weighted by molar-refractivity contribution is 8.13. The van der Waals surface area contributed by atoms with E-state index in [0.717, 1.165) is 11.0 Å². The molecule has 0 heterocycles. The Kier molecular flexibility index (Phi) is 7.37. The van der Waals surface area contributed by atoms with Crippen LogP contribution in [0, 0.1) is 0 Å². The van der Waals surface area contributed by atoms with Crippen LogP contribution in [0.5, 0.6) is 5.75 Å². The number of rotatable bonds is 6. The molecule has 168 valence electrons. The number of benzene rings is 3. The van der Waals surface area contributed by atoms with Gasteiger partial charge in [0.05, 0.1) is 17.1 Å². The number of amides is 1. The molecule has 0 fully saturated rings. The summed E-state index contributed by atoms with van der Waals surface area (Å²) >= 11 is 0. The van der Waals surface area contributed by atoms with E-state index in [1.807, 2.05) is 19.2 Å². The number of hydrogen-bond acceptors (Lipinski definition) is 3. The van der Waals surface area contributed by atoms with Crippen molar-refractivity contribution < 1.29 is 22.7 Å². The summed E-state index contributed by atoms with van der Waals surface area (Å²) in [4.78, 5) is 13.5. The molecule has 0 saturated carbocycles. The lowest BCUT2D eigenvalue weighted by Gasteiger charge is -2.14. The van der Waals surface area contributed by atoms with Crippen molar-refractivity contribution >= 4 is 27.6 Å². The minimum atomic E-state index is -4.46. The quantitative estimate of drug-likeness (QED) is 0.422. The molecule has 1 atom stereocenters. The number of carbonyl (C=O) groups excluding carboxylic acids is 1. The van der Waals surface area contributed by atoms with Crippen molar-refractivity contribution in [1.29, 1.82) is 0 Å². The standard InChI is InChI=1S/C24H23F3N2O2S/c1-3-31-21-15-18(13-14-22(21)32(28)4-2)29-23(30)17-11-9-16(10-12-17)19-7-5-6-8-20(19)24(25,26)27/h4-15H,3,28H2,1-2H3,(H,29,30). The van der Waals surface area contributed by atoms with E-state index < -0.39 is 22.4 Å². The van der Waals surface area contributed by atoms with E-state index in [9.17, 15) is 18.0 Å². The smallest absolute Gasteiger partial charge is 0.417 e. The molecule has 3 aromatic carbocycles. The highest BCUT2D eigenvalue weighted by atomic mass is 32.2. The third-order valence-corrected chi connectivity index (χ3v) is 6.05. The maximum atomic E-state index is 13.3. The molecule has 0 saturated heterocycles. The molecule has 0 spiro atoms. The Labute approximate surface area is 187 Å². The van der Waals surface area contributed by atoms with E-state index in [4.69, 9.17) is 9.88 Å². The van der Waals surface area contributed by atoms with Crippen LogP contribution in [0.2, 0.25) is 0 Å². The number of hydrogen-bond donors (Lipinski definition) is 2. The summed E-state index contributed by atoms with van der Waals surface area (Å²) in [6, 6.07) is 16.6. The van der Waals surface area contributed by atoms with Gasteiger partial charge in [-0.25, -0.2) is 0 Å². The molecule has 3 aromatic rings. The average Bonchev–Trinajstić information content (AvgIpc) is 2.78. The molecule has 0 bridgehead atoms. The zero-order valence-corrected chi connectivity index (χ0v) is 18.4. The fourth-order valence-corrected chi connectivity index (χ4v) is 3.99. The van der Waals surface area contributed by atoms with Crippen LogP contribution in [0.3, 0.4) is 0 Å². The van der Waals surface area contributed by atoms with Crippen LogP contribution in [-0.4, -0.2) is 17.9 Å². The van der Waals surface area contributed by atoms with Gasteiger partial charge in [-0.15, -0.1) is 0 Å². The number of ether oxygens (including phenoxy) is 1. The maximum absolute atomic E-state index is 13.3. The van der Waals surface area contributed by atoms with Crippen LogP contribution in [0.4, 0.5) is 18.9 Å². The highest BCUT2D eigenvalue weighted by Crippen LogP contribution is 2.37. The van der Waals surface area contributed by atoms with Crippen molar-refractivity contribution in [1.82, 2.24) is 0 Å². The summed E-state index contributed by atoms with van der Waals surface area (Å²) in [5.41, 5.74) is 0.573. The second kappa shape index (κ2) is 10.0. The lowest BCUT2D eigenvalue weighted by atomic mass is 9.98. The van der Waals surface area contributed by atoms with Gasteiger partial charge in [-0.1, -0.05) is 41.0 Å². The van der Waals surface area contributed by atoms with Gasteiger partial charge in [-0.2, -0.15) is 13.2 Å². The molecular formula is C24H23F3N2O2S. The third-order valence-electron chi connectivity index (χ3n) is 4.70. The zero-order chi connectivity index (χ0) is 23.3. The Morgan fingerprint density at radius 2 is 1.78 bits per heavy atom. The molecular weight excluding hydrogens is 437 g/mol. The first kappa shape index (κ1) is 23.6. The topological polar surface area (TPSA) is 64.3 Å². The number of nitrogens with two attached hydrogens (primary N) is 1. The lowest BCUT2D eigenvalue weighted by Crippen LogP contribution is -2.12. The van der Waals surface area contributed by atoms with Gasteiger partial charge in [0.15, 0.2) is 0 Å². The molecule has 4 nitrogen and oxygen atoms in total. The molecule has 0 aliphatic rings. The summed E-state index contributed by atoms with van der Waals surface area (Å²) in [5, 5.41) is 10.8. The number of carbonyl (C=O) groups is 1. The van der Waals surface area contributed by atoms with E-state index in [0.29, 0.717) is 29.2 Å². The number of halogens is 3. The molecule has 0 radical (unpaired) electrons. The number of anilines is 1. The second-order valence-electron chi connectivity index (χ2n) is 6.78. The number of nitrogens with one attached hydrogen (secondary N) is 1. The minimum absolute atomic E-state index is 0.0637. The van der Waals surface area contributed by atoms with Crippen LogP contribution in [-0.2, 0) is 6.18 Å². The Morgan fingerprint density at radius 3 is 2.41 bits per heavy atom. The van der Waals surface area contributed by atoms with E-state index in [-0.39, 0.29) is 11.5 Å². The van der Waals surface area contributed by atoms with Gasteiger partial charge in [0, 0.05) is 17.3 Å². The van der Waals surface area contributed by atoms with Crippen molar-refractivity contribution in [3.63, 3.8) is 0 Å². The minimum Gasteiger partial charge on any atom is -0.493 e. The Bertz CT molecular complexity index is 1140. The molecule has 1 unspecified atom stereocenters. The average molecular weight is 461 g/mol. The first-order valence-corrected chi connectivity index (χ1v) is 11.2. The normalized spacial score (nSPS) is 12.4. The first-order chi connectivity index (χ1) is 15.2. The summed E-state index contributed by atoms with van der Waals surface area (Å²) in [6.07, 6.45) is -4.46. The number of alkyl halides is 3. The predicted molar refractivity (Wildman–Crippen MR) is 124 cm³/mol. The Morgan fingerprint density at radius 1 is 1.09 bits per heavy atom. The lowest BCUT2D eigenvalue weighted by molar-refractivity contribution is -0.137. The second-order valence-corrected chi connectivity index (χ2v) is 8.43. The SMILES string of the molecule is C/C=S(\N)c1ccc(NC(=O)c2ccc(-c3ccccc3C(F)(F)F)cc2)cc1OCC. The van der Waals surface area contributed by atoms with Crippen molar-refractivity contribution in [3.05, 3.63) is 77.9 Å².